The minimum atomic E-state index is 1.11. The van der Waals surface area contributed by atoms with Crippen LogP contribution >= 0.6 is 0 Å². The summed E-state index contributed by atoms with van der Waals surface area (Å²) in [5.74, 6) is 0. The average Bonchev–Trinajstić information content (AvgIpc) is 3.23. The van der Waals surface area contributed by atoms with Gasteiger partial charge in [-0.3, -0.25) is 0 Å². The summed E-state index contributed by atoms with van der Waals surface area (Å²) in [5, 5.41) is 4.91. The molecule has 9 aromatic carbocycles. The van der Waals surface area contributed by atoms with Gasteiger partial charge in [0.25, 0.3) is 0 Å². The normalized spacial score (nSPS) is 11.1. The van der Waals surface area contributed by atoms with Gasteiger partial charge in [-0.15, -0.1) is 0 Å². The predicted molar refractivity (Wildman–Crippen MR) is 222 cm³/mol. The van der Waals surface area contributed by atoms with E-state index in [1.54, 1.807) is 0 Å². The lowest BCUT2D eigenvalue weighted by molar-refractivity contribution is 1.28. The van der Waals surface area contributed by atoms with E-state index in [0.29, 0.717) is 0 Å². The molecule has 9 aromatic rings. The molecule has 0 aliphatic carbocycles. The van der Waals surface area contributed by atoms with Gasteiger partial charge in [0.05, 0.1) is 0 Å². The number of nitrogens with zero attached hydrogens (tertiary/aromatic N) is 2. The summed E-state index contributed by atoms with van der Waals surface area (Å²) >= 11 is 0. The second-order valence-electron chi connectivity index (χ2n) is 13.0. The van der Waals surface area contributed by atoms with Crippen molar-refractivity contribution < 1.29 is 0 Å². The number of para-hydroxylation sites is 4. The lowest BCUT2D eigenvalue weighted by Gasteiger charge is -2.27. The lowest BCUT2D eigenvalue weighted by atomic mass is 9.84. The molecule has 0 N–H and O–H groups in total. The van der Waals surface area contributed by atoms with Crippen molar-refractivity contribution in [1.29, 1.82) is 0 Å². The molecular formula is C50H36N2. The molecule has 52 heavy (non-hydrogen) atoms. The maximum Gasteiger partial charge on any atom is 0.0468 e. The van der Waals surface area contributed by atoms with E-state index in [0.717, 1.165) is 34.1 Å². The number of hydrogen-bond donors (Lipinski definition) is 0. The first-order valence-electron chi connectivity index (χ1n) is 17.8. The Labute approximate surface area is 305 Å². The van der Waals surface area contributed by atoms with Gasteiger partial charge in [-0.25, -0.2) is 0 Å². The number of hydrogen-bond acceptors (Lipinski definition) is 2. The zero-order valence-electron chi connectivity index (χ0n) is 28.7. The molecule has 2 nitrogen and oxygen atoms in total. The zero-order valence-corrected chi connectivity index (χ0v) is 28.7. The molecule has 0 aliphatic heterocycles. The highest BCUT2D eigenvalue weighted by molar-refractivity contribution is 6.22. The summed E-state index contributed by atoms with van der Waals surface area (Å²) in [6.07, 6.45) is 0. The van der Waals surface area contributed by atoms with Crippen LogP contribution in [0.4, 0.5) is 34.1 Å². The Morgan fingerprint density at radius 2 is 0.538 bits per heavy atom. The number of rotatable bonds is 8. The molecule has 0 radical (unpaired) electrons. The first-order chi connectivity index (χ1) is 25.8. The van der Waals surface area contributed by atoms with Gasteiger partial charge in [0.1, 0.15) is 0 Å². The molecule has 9 rings (SSSR count). The topological polar surface area (TPSA) is 6.48 Å². The molecule has 246 valence electrons. The smallest absolute Gasteiger partial charge is 0.0468 e. The fourth-order valence-electron chi connectivity index (χ4n) is 7.50. The maximum atomic E-state index is 2.37. The van der Waals surface area contributed by atoms with Crippen LogP contribution in [0.5, 0.6) is 0 Å². The Kier molecular flexibility index (Phi) is 8.24. The van der Waals surface area contributed by atoms with Crippen molar-refractivity contribution in [2.45, 2.75) is 0 Å². The van der Waals surface area contributed by atoms with E-state index in [9.17, 15) is 0 Å². The van der Waals surface area contributed by atoms with Gasteiger partial charge in [0, 0.05) is 34.1 Å². The first-order valence-corrected chi connectivity index (χ1v) is 17.8. The molecule has 0 saturated heterocycles. The largest absolute Gasteiger partial charge is 0.311 e. The van der Waals surface area contributed by atoms with E-state index < -0.39 is 0 Å². The summed E-state index contributed by atoms with van der Waals surface area (Å²) in [5.41, 5.74) is 11.6. The fourth-order valence-corrected chi connectivity index (χ4v) is 7.50. The second-order valence-corrected chi connectivity index (χ2v) is 13.0. The highest BCUT2D eigenvalue weighted by atomic mass is 15.1. The monoisotopic (exact) mass is 664 g/mol. The minimum Gasteiger partial charge on any atom is -0.311 e. The third-order valence-electron chi connectivity index (χ3n) is 9.80. The Morgan fingerprint density at radius 3 is 1.02 bits per heavy atom. The van der Waals surface area contributed by atoms with Gasteiger partial charge < -0.3 is 9.80 Å². The van der Waals surface area contributed by atoms with E-state index in [-0.39, 0.29) is 0 Å². The van der Waals surface area contributed by atoms with Crippen molar-refractivity contribution in [3.63, 3.8) is 0 Å². The van der Waals surface area contributed by atoms with Gasteiger partial charge in [0.2, 0.25) is 0 Å². The van der Waals surface area contributed by atoms with Crippen molar-refractivity contribution in [3.05, 3.63) is 218 Å². The summed E-state index contributed by atoms with van der Waals surface area (Å²) < 4.78 is 0. The van der Waals surface area contributed by atoms with Crippen LogP contribution in [0.15, 0.2) is 218 Å². The summed E-state index contributed by atoms with van der Waals surface area (Å²) in [7, 11) is 0. The van der Waals surface area contributed by atoms with Crippen molar-refractivity contribution in [3.8, 4) is 22.3 Å². The summed E-state index contributed by atoms with van der Waals surface area (Å²) in [4.78, 5) is 4.65. The van der Waals surface area contributed by atoms with Gasteiger partial charge in [-0.05, 0) is 117 Å². The Morgan fingerprint density at radius 1 is 0.212 bits per heavy atom. The Balaban J connectivity index is 1.26. The van der Waals surface area contributed by atoms with Crippen LogP contribution < -0.4 is 9.80 Å². The zero-order chi connectivity index (χ0) is 34.7. The number of fused-ring (bicyclic) bond motifs is 3. The predicted octanol–water partition coefficient (Wildman–Crippen LogP) is 14.3. The molecule has 0 amide bonds. The van der Waals surface area contributed by atoms with Gasteiger partial charge in [-0.2, -0.15) is 0 Å². The first kappa shape index (κ1) is 31.1. The standard InChI is InChI=1S/C50H36N2/c1-6-18-37(19-7-1)49-47-35-34-44(52(41-24-12-4-13-25-41)42-26-14-5-15-27-42)36-48(47)45-28-16-17-29-46(45)50(49)38-30-32-43(33-31-38)51(39-20-8-2-9-21-39)40-22-10-3-11-23-40/h1-36H. The van der Waals surface area contributed by atoms with E-state index in [1.807, 2.05) is 0 Å². The van der Waals surface area contributed by atoms with Gasteiger partial charge in [0.15, 0.2) is 0 Å². The van der Waals surface area contributed by atoms with Crippen LogP contribution in [0.25, 0.3) is 43.8 Å². The van der Waals surface area contributed by atoms with E-state index in [1.165, 1.54) is 43.8 Å². The molecule has 0 spiro atoms. The molecule has 0 aliphatic rings. The molecule has 2 heteroatoms. The molecule has 0 aromatic heterocycles. The second kappa shape index (κ2) is 13.8. The van der Waals surface area contributed by atoms with Crippen molar-refractivity contribution in [1.82, 2.24) is 0 Å². The molecule has 0 atom stereocenters. The minimum absolute atomic E-state index is 1.11. The van der Waals surface area contributed by atoms with Crippen LogP contribution in [0.1, 0.15) is 0 Å². The molecule has 0 saturated carbocycles. The molecule has 0 unspecified atom stereocenters. The molecule has 0 bridgehead atoms. The highest BCUT2D eigenvalue weighted by Crippen LogP contribution is 2.47. The van der Waals surface area contributed by atoms with Gasteiger partial charge >= 0.3 is 0 Å². The van der Waals surface area contributed by atoms with Crippen molar-refractivity contribution in [2.75, 3.05) is 9.80 Å². The van der Waals surface area contributed by atoms with Crippen molar-refractivity contribution in [2.24, 2.45) is 0 Å². The average molecular weight is 665 g/mol. The summed E-state index contributed by atoms with van der Waals surface area (Å²) in [6.45, 7) is 0. The Hall–Kier alpha value is -6.90. The quantitative estimate of drug-likeness (QED) is 0.149. The highest BCUT2D eigenvalue weighted by Gasteiger charge is 2.21. The molecular weight excluding hydrogens is 629 g/mol. The van der Waals surface area contributed by atoms with Crippen LogP contribution in [-0.2, 0) is 0 Å². The number of anilines is 6. The Bertz CT molecular complexity index is 2510. The van der Waals surface area contributed by atoms with Gasteiger partial charge in [-0.1, -0.05) is 146 Å². The van der Waals surface area contributed by atoms with E-state index in [2.05, 4.69) is 228 Å². The SMILES string of the molecule is c1ccc(-c2c(-c3ccc(N(c4ccccc4)c4ccccc4)cc3)c3ccccc3c3cc(N(c4ccccc4)c4ccccc4)ccc23)cc1. The van der Waals surface area contributed by atoms with Crippen LogP contribution in [0.3, 0.4) is 0 Å². The summed E-state index contributed by atoms with van der Waals surface area (Å²) in [6, 6.07) is 78.2. The number of benzene rings is 9. The van der Waals surface area contributed by atoms with Crippen LogP contribution in [0, 0.1) is 0 Å². The fraction of sp³-hybridized carbons (Fsp3) is 0. The van der Waals surface area contributed by atoms with E-state index in [4.69, 9.17) is 0 Å². The third kappa shape index (κ3) is 5.77. The molecule has 0 heterocycles. The maximum absolute atomic E-state index is 2.37. The van der Waals surface area contributed by atoms with E-state index >= 15 is 0 Å². The lowest BCUT2D eigenvalue weighted by Crippen LogP contribution is -2.09. The molecule has 0 fully saturated rings. The van der Waals surface area contributed by atoms with Crippen LogP contribution in [0.2, 0.25) is 0 Å². The third-order valence-corrected chi connectivity index (χ3v) is 9.80. The van der Waals surface area contributed by atoms with Crippen LogP contribution in [-0.4, -0.2) is 0 Å². The van der Waals surface area contributed by atoms with Crippen molar-refractivity contribution >= 4 is 55.7 Å².